The number of fused-ring (bicyclic) bond motifs is 1. The molecule has 3 rings (SSSR count). The van der Waals surface area contributed by atoms with Crippen molar-refractivity contribution in [2.75, 3.05) is 0 Å². The fraction of sp³-hybridized carbons (Fsp3) is 0.500. The lowest BCUT2D eigenvalue weighted by molar-refractivity contribution is -0.142. The highest BCUT2D eigenvalue weighted by atomic mass is 32.1. The molecule has 2 N–H and O–H groups in total. The third-order valence-corrected chi connectivity index (χ3v) is 4.66. The number of carbonyl (C=O) groups is 1. The molecule has 2 aromatic rings. The van der Waals surface area contributed by atoms with Crippen LogP contribution in [-0.2, 0) is 11.3 Å². The first kappa shape index (κ1) is 13.5. The van der Waals surface area contributed by atoms with E-state index in [0.29, 0.717) is 6.04 Å². The van der Waals surface area contributed by atoms with E-state index in [4.69, 9.17) is 5.11 Å². The van der Waals surface area contributed by atoms with Crippen molar-refractivity contribution in [1.29, 1.82) is 0 Å². The molecule has 1 fully saturated rings. The van der Waals surface area contributed by atoms with Crippen LogP contribution in [-0.4, -0.2) is 27.1 Å². The lowest BCUT2D eigenvalue weighted by atomic mass is 9.86. The van der Waals surface area contributed by atoms with Gasteiger partial charge in [0.2, 0.25) is 0 Å². The molecule has 1 aliphatic carbocycles. The average Bonchev–Trinajstić information content (AvgIpc) is 2.93. The van der Waals surface area contributed by atoms with Crippen LogP contribution < -0.4 is 5.32 Å². The van der Waals surface area contributed by atoms with Crippen molar-refractivity contribution in [3.05, 3.63) is 23.3 Å². The second-order valence-electron chi connectivity index (χ2n) is 5.29. The van der Waals surface area contributed by atoms with Gasteiger partial charge in [-0.3, -0.25) is 4.79 Å². The number of thiazole rings is 1. The van der Waals surface area contributed by atoms with Crippen LogP contribution in [0.1, 0.15) is 31.2 Å². The number of carboxylic acid groups (broad SMARTS) is 1. The van der Waals surface area contributed by atoms with Gasteiger partial charge in [-0.2, -0.15) is 0 Å². The van der Waals surface area contributed by atoms with E-state index in [1.807, 2.05) is 11.7 Å². The molecule has 0 bridgehead atoms. The van der Waals surface area contributed by atoms with Crippen LogP contribution in [0.5, 0.6) is 0 Å². The van der Waals surface area contributed by atoms with E-state index >= 15 is 0 Å². The predicted molar refractivity (Wildman–Crippen MR) is 77.6 cm³/mol. The molecule has 0 aliphatic heterocycles. The van der Waals surface area contributed by atoms with Gasteiger partial charge >= 0.3 is 5.97 Å². The minimum atomic E-state index is -0.651. The zero-order valence-electron chi connectivity index (χ0n) is 11.1. The van der Waals surface area contributed by atoms with Gasteiger partial charge in [-0.25, -0.2) is 9.97 Å². The average molecular weight is 291 g/mol. The van der Waals surface area contributed by atoms with Crippen LogP contribution in [0.15, 0.2) is 17.8 Å². The summed E-state index contributed by atoms with van der Waals surface area (Å²) in [6.07, 6.45) is 5.30. The smallest absolute Gasteiger partial charge is 0.306 e. The van der Waals surface area contributed by atoms with Crippen molar-refractivity contribution in [1.82, 2.24) is 15.3 Å². The maximum Gasteiger partial charge on any atom is 0.306 e. The summed E-state index contributed by atoms with van der Waals surface area (Å²) in [7, 11) is 0. The van der Waals surface area contributed by atoms with Gasteiger partial charge < -0.3 is 10.4 Å². The predicted octanol–water partition coefficient (Wildman–Crippen LogP) is 2.42. The Morgan fingerprint density at radius 1 is 1.35 bits per heavy atom. The van der Waals surface area contributed by atoms with Gasteiger partial charge in [0.1, 0.15) is 10.3 Å². The number of carboxylic acids is 1. The fourth-order valence-corrected chi connectivity index (χ4v) is 3.31. The number of aromatic nitrogens is 2. The highest BCUT2D eigenvalue weighted by molar-refractivity contribution is 7.16. The third-order valence-electron chi connectivity index (χ3n) is 3.92. The summed E-state index contributed by atoms with van der Waals surface area (Å²) >= 11 is 1.55. The van der Waals surface area contributed by atoms with E-state index in [9.17, 15) is 4.79 Å². The van der Waals surface area contributed by atoms with Gasteiger partial charge in [0, 0.05) is 18.8 Å². The van der Waals surface area contributed by atoms with Crippen LogP contribution in [0, 0.1) is 5.92 Å². The lowest BCUT2D eigenvalue weighted by Gasteiger charge is -2.26. The van der Waals surface area contributed by atoms with E-state index in [1.165, 1.54) is 0 Å². The van der Waals surface area contributed by atoms with Crippen molar-refractivity contribution >= 4 is 27.7 Å². The Labute approximate surface area is 121 Å². The second kappa shape index (κ2) is 5.85. The van der Waals surface area contributed by atoms with E-state index in [0.717, 1.165) is 48.1 Å². The molecule has 106 valence electrons. The van der Waals surface area contributed by atoms with Crippen LogP contribution in [0.3, 0.4) is 0 Å². The molecule has 20 heavy (non-hydrogen) atoms. The molecular weight excluding hydrogens is 274 g/mol. The molecule has 0 radical (unpaired) electrons. The normalized spacial score (nSPS) is 23.0. The monoisotopic (exact) mass is 291 g/mol. The molecule has 0 aromatic carbocycles. The second-order valence-corrected chi connectivity index (χ2v) is 6.12. The van der Waals surface area contributed by atoms with E-state index in [-0.39, 0.29) is 5.92 Å². The van der Waals surface area contributed by atoms with Gasteiger partial charge in [0.15, 0.2) is 0 Å². The van der Waals surface area contributed by atoms with Crippen LogP contribution >= 0.6 is 11.3 Å². The van der Waals surface area contributed by atoms with Crippen molar-refractivity contribution in [3.63, 3.8) is 0 Å². The number of nitrogens with one attached hydrogen (secondary N) is 1. The molecule has 2 heterocycles. The summed E-state index contributed by atoms with van der Waals surface area (Å²) in [6.45, 7) is 0.767. The molecule has 0 unspecified atom stereocenters. The maximum absolute atomic E-state index is 10.9. The number of nitrogens with zero attached hydrogens (tertiary/aromatic N) is 2. The molecule has 1 saturated carbocycles. The molecule has 0 saturated heterocycles. The first-order chi connectivity index (χ1) is 9.72. The summed E-state index contributed by atoms with van der Waals surface area (Å²) in [6, 6.07) is 2.48. The van der Waals surface area contributed by atoms with Crippen LogP contribution in [0.2, 0.25) is 0 Å². The summed E-state index contributed by atoms with van der Waals surface area (Å²) in [4.78, 5) is 20.5. The van der Waals surface area contributed by atoms with Crippen molar-refractivity contribution < 1.29 is 9.90 Å². The van der Waals surface area contributed by atoms with Crippen LogP contribution in [0.25, 0.3) is 10.3 Å². The molecule has 6 heteroatoms. The fourth-order valence-electron chi connectivity index (χ4n) is 2.70. The highest BCUT2D eigenvalue weighted by Crippen LogP contribution is 2.24. The maximum atomic E-state index is 10.9. The molecule has 5 nitrogen and oxygen atoms in total. The molecule has 0 atom stereocenters. The quantitative estimate of drug-likeness (QED) is 0.905. The Kier molecular flexibility index (Phi) is 3.93. The van der Waals surface area contributed by atoms with Gasteiger partial charge in [-0.15, -0.1) is 11.3 Å². The molecular formula is C14H17N3O2S. The zero-order valence-corrected chi connectivity index (χ0v) is 11.9. The largest absolute Gasteiger partial charge is 0.481 e. The number of aliphatic carboxylic acids is 1. The van der Waals surface area contributed by atoms with Gasteiger partial charge in [-0.05, 0) is 37.3 Å². The SMILES string of the molecule is O=C(O)[C@H]1CC[C@H](NCc2cnc3scnc3c2)CC1. The van der Waals surface area contributed by atoms with Crippen molar-refractivity contribution in [2.45, 2.75) is 38.3 Å². The first-order valence-electron chi connectivity index (χ1n) is 6.86. The highest BCUT2D eigenvalue weighted by Gasteiger charge is 2.25. The Hall–Kier alpha value is -1.53. The molecule has 1 aliphatic rings. The number of hydrogen-bond acceptors (Lipinski definition) is 5. The van der Waals surface area contributed by atoms with E-state index in [1.54, 1.807) is 11.3 Å². The van der Waals surface area contributed by atoms with E-state index in [2.05, 4.69) is 21.4 Å². The Morgan fingerprint density at radius 3 is 2.90 bits per heavy atom. The standard InChI is InChI=1S/C14H17N3O2S/c18-14(19)10-1-3-11(4-2-10)15-6-9-5-12-13(16-7-9)20-8-17-12/h5,7-8,10-11,15H,1-4,6H2,(H,18,19)/t10-,11-. The Balaban J connectivity index is 1.53. The topological polar surface area (TPSA) is 75.1 Å². The van der Waals surface area contributed by atoms with Gasteiger partial charge in [0.05, 0.1) is 11.4 Å². The third kappa shape index (κ3) is 2.96. The Bertz CT molecular complexity index is 605. The summed E-state index contributed by atoms with van der Waals surface area (Å²) in [5.41, 5.74) is 3.88. The minimum Gasteiger partial charge on any atom is -0.481 e. The molecule has 0 amide bonds. The number of rotatable bonds is 4. The van der Waals surface area contributed by atoms with Crippen molar-refractivity contribution in [3.8, 4) is 0 Å². The van der Waals surface area contributed by atoms with Gasteiger partial charge in [-0.1, -0.05) is 0 Å². The summed E-state index contributed by atoms with van der Waals surface area (Å²) in [5.74, 6) is -0.803. The minimum absolute atomic E-state index is 0.152. The summed E-state index contributed by atoms with van der Waals surface area (Å²) in [5, 5.41) is 12.5. The van der Waals surface area contributed by atoms with E-state index < -0.39 is 5.97 Å². The van der Waals surface area contributed by atoms with Crippen LogP contribution in [0.4, 0.5) is 0 Å². The lowest BCUT2D eigenvalue weighted by Crippen LogP contribution is -2.34. The first-order valence-corrected chi connectivity index (χ1v) is 7.74. The van der Waals surface area contributed by atoms with Gasteiger partial charge in [0.25, 0.3) is 0 Å². The molecule has 2 aromatic heterocycles. The van der Waals surface area contributed by atoms with Crippen molar-refractivity contribution in [2.24, 2.45) is 5.92 Å². The number of hydrogen-bond donors (Lipinski definition) is 2. The summed E-state index contributed by atoms with van der Waals surface area (Å²) < 4.78 is 0. The number of pyridine rings is 1. The molecule has 0 spiro atoms. The zero-order chi connectivity index (χ0) is 13.9. The Morgan fingerprint density at radius 2 is 2.15 bits per heavy atom.